The standard InChI is InChI=1S/C14H12F2N2O2/c1-7-4-8(2-3-13(7)19)14(20)18-12-6-11(17)9(15)5-10(12)16/h2-6,19H,17H2,1H3,(H,18,20). The van der Waals surface area contributed by atoms with Crippen LogP contribution in [0.5, 0.6) is 5.75 Å². The molecule has 20 heavy (non-hydrogen) atoms. The molecule has 0 atom stereocenters. The Morgan fingerprint density at radius 2 is 1.90 bits per heavy atom. The lowest BCUT2D eigenvalue weighted by Crippen LogP contribution is -2.13. The second kappa shape index (κ2) is 5.16. The summed E-state index contributed by atoms with van der Waals surface area (Å²) in [5.74, 6) is -2.33. The van der Waals surface area contributed by atoms with Crippen LogP contribution in [-0.2, 0) is 0 Å². The molecule has 1 amide bonds. The molecule has 0 aliphatic rings. The molecular formula is C14H12F2N2O2. The number of hydrogen-bond acceptors (Lipinski definition) is 3. The predicted molar refractivity (Wildman–Crippen MR) is 71.6 cm³/mol. The van der Waals surface area contributed by atoms with Crippen LogP contribution in [-0.4, -0.2) is 11.0 Å². The Morgan fingerprint density at radius 1 is 1.20 bits per heavy atom. The van der Waals surface area contributed by atoms with E-state index in [2.05, 4.69) is 5.32 Å². The Labute approximate surface area is 113 Å². The van der Waals surface area contributed by atoms with Gasteiger partial charge in [0.05, 0.1) is 11.4 Å². The van der Waals surface area contributed by atoms with Crippen LogP contribution >= 0.6 is 0 Å². The van der Waals surface area contributed by atoms with Crippen molar-refractivity contribution in [2.75, 3.05) is 11.1 Å². The molecule has 104 valence electrons. The number of nitrogens with two attached hydrogens (primary N) is 1. The molecule has 0 heterocycles. The smallest absolute Gasteiger partial charge is 0.255 e. The number of phenols is 1. The van der Waals surface area contributed by atoms with E-state index in [1.165, 1.54) is 18.2 Å². The third kappa shape index (κ3) is 2.69. The summed E-state index contributed by atoms with van der Waals surface area (Å²) in [7, 11) is 0. The van der Waals surface area contributed by atoms with Gasteiger partial charge < -0.3 is 16.2 Å². The first-order chi connectivity index (χ1) is 9.38. The van der Waals surface area contributed by atoms with Crippen LogP contribution in [0.4, 0.5) is 20.2 Å². The van der Waals surface area contributed by atoms with Gasteiger partial charge in [-0.3, -0.25) is 4.79 Å². The summed E-state index contributed by atoms with van der Waals surface area (Å²) in [5.41, 5.74) is 5.60. The van der Waals surface area contributed by atoms with E-state index in [0.29, 0.717) is 11.6 Å². The molecule has 0 unspecified atom stereocenters. The van der Waals surface area contributed by atoms with Crippen LogP contribution in [0.2, 0.25) is 0 Å². The van der Waals surface area contributed by atoms with Gasteiger partial charge >= 0.3 is 0 Å². The van der Waals surface area contributed by atoms with Gasteiger partial charge in [0, 0.05) is 11.6 Å². The highest BCUT2D eigenvalue weighted by molar-refractivity contribution is 6.04. The molecule has 0 saturated heterocycles. The molecule has 4 nitrogen and oxygen atoms in total. The number of amides is 1. The molecule has 0 bridgehead atoms. The number of aryl methyl sites for hydroxylation is 1. The quantitative estimate of drug-likeness (QED) is 0.739. The second-order valence-electron chi connectivity index (χ2n) is 4.31. The van der Waals surface area contributed by atoms with Crippen molar-refractivity contribution in [3.05, 3.63) is 53.1 Å². The number of benzene rings is 2. The first-order valence-electron chi connectivity index (χ1n) is 5.74. The fourth-order valence-electron chi connectivity index (χ4n) is 1.65. The van der Waals surface area contributed by atoms with Crippen LogP contribution in [0, 0.1) is 18.6 Å². The molecule has 6 heteroatoms. The Kier molecular flexibility index (Phi) is 3.56. The average molecular weight is 278 g/mol. The van der Waals surface area contributed by atoms with E-state index in [1.54, 1.807) is 6.92 Å². The van der Waals surface area contributed by atoms with Gasteiger partial charge in [-0.25, -0.2) is 8.78 Å². The van der Waals surface area contributed by atoms with Gasteiger partial charge in [-0.15, -0.1) is 0 Å². The number of halogens is 2. The summed E-state index contributed by atoms with van der Waals surface area (Å²) in [5, 5.41) is 11.7. The molecule has 2 rings (SSSR count). The third-order valence-electron chi connectivity index (χ3n) is 2.79. The van der Waals surface area contributed by atoms with E-state index in [9.17, 15) is 18.7 Å². The first kappa shape index (κ1) is 13.8. The van der Waals surface area contributed by atoms with Crippen molar-refractivity contribution < 1.29 is 18.7 Å². The Morgan fingerprint density at radius 3 is 2.55 bits per heavy atom. The second-order valence-corrected chi connectivity index (χ2v) is 4.31. The zero-order valence-corrected chi connectivity index (χ0v) is 10.6. The van der Waals surface area contributed by atoms with Gasteiger partial charge in [0.2, 0.25) is 0 Å². The van der Waals surface area contributed by atoms with Crippen LogP contribution in [0.1, 0.15) is 15.9 Å². The van der Waals surface area contributed by atoms with Crippen molar-refractivity contribution in [2.24, 2.45) is 0 Å². The summed E-state index contributed by atoms with van der Waals surface area (Å²) < 4.78 is 26.5. The molecule has 0 radical (unpaired) electrons. The highest BCUT2D eigenvalue weighted by atomic mass is 19.1. The number of hydrogen-bond donors (Lipinski definition) is 3. The summed E-state index contributed by atoms with van der Waals surface area (Å²) in [4.78, 5) is 11.9. The SMILES string of the molecule is Cc1cc(C(=O)Nc2cc(N)c(F)cc2F)ccc1O. The Bertz CT molecular complexity index is 687. The van der Waals surface area contributed by atoms with Crippen molar-refractivity contribution in [2.45, 2.75) is 6.92 Å². The number of carbonyl (C=O) groups is 1. The lowest BCUT2D eigenvalue weighted by atomic mass is 10.1. The fraction of sp³-hybridized carbons (Fsp3) is 0.0714. The number of aromatic hydroxyl groups is 1. The molecule has 2 aromatic carbocycles. The van der Waals surface area contributed by atoms with Crippen molar-refractivity contribution in [3.8, 4) is 5.75 Å². The largest absolute Gasteiger partial charge is 0.508 e. The number of carbonyl (C=O) groups excluding carboxylic acids is 1. The van der Waals surface area contributed by atoms with Crippen LogP contribution in [0.3, 0.4) is 0 Å². The highest BCUT2D eigenvalue weighted by Crippen LogP contribution is 2.22. The predicted octanol–water partition coefficient (Wildman–Crippen LogP) is 2.81. The minimum atomic E-state index is -0.916. The summed E-state index contributed by atoms with van der Waals surface area (Å²) in [6.07, 6.45) is 0. The van der Waals surface area contributed by atoms with E-state index in [4.69, 9.17) is 5.73 Å². The number of nitrogens with one attached hydrogen (secondary N) is 1. The normalized spacial score (nSPS) is 10.3. The van der Waals surface area contributed by atoms with Crippen molar-refractivity contribution in [1.29, 1.82) is 0 Å². The van der Waals surface area contributed by atoms with Gasteiger partial charge in [0.15, 0.2) is 0 Å². The monoisotopic (exact) mass is 278 g/mol. The zero-order chi connectivity index (χ0) is 14.9. The summed E-state index contributed by atoms with van der Waals surface area (Å²) in [6, 6.07) is 5.82. The van der Waals surface area contributed by atoms with Gasteiger partial charge in [-0.1, -0.05) is 0 Å². The van der Waals surface area contributed by atoms with E-state index < -0.39 is 17.5 Å². The third-order valence-corrected chi connectivity index (χ3v) is 2.79. The van der Waals surface area contributed by atoms with E-state index in [0.717, 1.165) is 6.07 Å². The highest BCUT2D eigenvalue weighted by Gasteiger charge is 2.13. The minimum Gasteiger partial charge on any atom is -0.508 e. The molecule has 0 fully saturated rings. The lowest BCUT2D eigenvalue weighted by molar-refractivity contribution is 0.102. The lowest BCUT2D eigenvalue weighted by Gasteiger charge is -2.09. The number of phenolic OH excluding ortho intramolecular Hbond substituents is 1. The van der Waals surface area contributed by atoms with Crippen LogP contribution in [0.15, 0.2) is 30.3 Å². The molecule has 0 aliphatic heterocycles. The molecule has 4 N–H and O–H groups in total. The van der Waals surface area contributed by atoms with E-state index >= 15 is 0 Å². The molecule has 2 aromatic rings. The maximum absolute atomic E-state index is 13.5. The van der Waals surface area contributed by atoms with Gasteiger partial charge in [-0.05, 0) is 36.8 Å². The Hall–Kier alpha value is -2.63. The van der Waals surface area contributed by atoms with Crippen LogP contribution < -0.4 is 11.1 Å². The number of rotatable bonds is 2. The first-order valence-corrected chi connectivity index (χ1v) is 5.74. The van der Waals surface area contributed by atoms with Crippen molar-refractivity contribution in [3.63, 3.8) is 0 Å². The summed E-state index contributed by atoms with van der Waals surface area (Å²) in [6.45, 7) is 1.63. The molecule has 0 spiro atoms. The molecular weight excluding hydrogens is 266 g/mol. The topological polar surface area (TPSA) is 75.4 Å². The van der Waals surface area contributed by atoms with Gasteiger partial charge in [-0.2, -0.15) is 0 Å². The fourth-order valence-corrected chi connectivity index (χ4v) is 1.65. The van der Waals surface area contributed by atoms with E-state index in [-0.39, 0.29) is 22.7 Å². The molecule has 0 aromatic heterocycles. The van der Waals surface area contributed by atoms with Gasteiger partial charge in [0.25, 0.3) is 5.91 Å². The zero-order valence-electron chi connectivity index (χ0n) is 10.6. The van der Waals surface area contributed by atoms with Gasteiger partial charge in [0.1, 0.15) is 17.4 Å². The minimum absolute atomic E-state index is 0.0544. The number of anilines is 2. The molecule has 0 saturated carbocycles. The maximum atomic E-state index is 13.5. The van der Waals surface area contributed by atoms with Crippen molar-refractivity contribution in [1.82, 2.24) is 0 Å². The maximum Gasteiger partial charge on any atom is 0.255 e. The average Bonchev–Trinajstić information content (AvgIpc) is 2.39. The van der Waals surface area contributed by atoms with E-state index in [1.807, 2.05) is 0 Å². The van der Waals surface area contributed by atoms with Crippen LogP contribution in [0.25, 0.3) is 0 Å². The summed E-state index contributed by atoms with van der Waals surface area (Å²) >= 11 is 0. The Balaban J connectivity index is 2.27. The van der Waals surface area contributed by atoms with Crippen molar-refractivity contribution >= 4 is 17.3 Å². The molecule has 0 aliphatic carbocycles. The number of nitrogen functional groups attached to an aromatic ring is 1.